The zero-order valence-corrected chi connectivity index (χ0v) is 28.1. The molecule has 5 nitrogen and oxygen atoms in total. The lowest BCUT2D eigenvalue weighted by Crippen LogP contribution is -2.15. The van der Waals surface area contributed by atoms with E-state index in [1.165, 1.54) is 16.7 Å². The summed E-state index contributed by atoms with van der Waals surface area (Å²) >= 11 is 0. The van der Waals surface area contributed by atoms with E-state index in [2.05, 4.69) is 111 Å². The van der Waals surface area contributed by atoms with Crippen LogP contribution in [0.4, 0.5) is 0 Å². The van der Waals surface area contributed by atoms with Crippen LogP contribution in [0.3, 0.4) is 0 Å². The highest BCUT2D eigenvalue weighted by Crippen LogP contribution is 2.58. The molecule has 0 fully saturated rings. The van der Waals surface area contributed by atoms with Gasteiger partial charge in [0.15, 0.2) is 40.5 Å². The Morgan fingerprint density at radius 3 is 1.94 bits per heavy atom. The van der Waals surface area contributed by atoms with Gasteiger partial charge in [-0.1, -0.05) is 147 Å². The second kappa shape index (κ2) is 11.2. The highest BCUT2D eigenvalue weighted by Gasteiger charge is 2.39. The van der Waals surface area contributed by atoms with Crippen LogP contribution in [0.25, 0.3) is 67.2 Å². The Morgan fingerprint density at radius 2 is 1.08 bits per heavy atom. The molecule has 1 aliphatic carbocycles. The number of nitrogens with zero attached hydrogens (tertiary/aromatic N) is 3. The summed E-state index contributed by atoms with van der Waals surface area (Å²) in [6, 6.07) is 51.8. The molecule has 0 saturated heterocycles. The van der Waals surface area contributed by atoms with Crippen molar-refractivity contribution in [3.05, 3.63) is 163 Å². The minimum atomic E-state index is -0.139. The number of rotatable bonds is 4. The van der Waals surface area contributed by atoms with Crippen LogP contribution in [0.2, 0.25) is 0 Å². The van der Waals surface area contributed by atoms with Gasteiger partial charge in [-0.25, -0.2) is 15.0 Å². The van der Waals surface area contributed by atoms with E-state index >= 15 is 0 Å². The Labute approximate surface area is 295 Å². The number of ether oxygens (including phenoxy) is 2. The lowest BCUT2D eigenvalue weighted by atomic mass is 9.82. The van der Waals surface area contributed by atoms with Gasteiger partial charge in [0, 0.05) is 27.7 Å². The van der Waals surface area contributed by atoms with Crippen LogP contribution in [0.15, 0.2) is 152 Å². The summed E-state index contributed by atoms with van der Waals surface area (Å²) in [5, 5.41) is 2.23. The average Bonchev–Trinajstić information content (AvgIpc) is 3.43. The quantitative estimate of drug-likeness (QED) is 0.188. The number of aromatic nitrogens is 3. The molecule has 51 heavy (non-hydrogen) atoms. The molecule has 2 aliphatic rings. The van der Waals surface area contributed by atoms with E-state index in [9.17, 15) is 0 Å². The van der Waals surface area contributed by atoms with E-state index in [1.807, 2.05) is 54.6 Å². The van der Waals surface area contributed by atoms with Crippen LogP contribution in [0, 0.1) is 0 Å². The fourth-order valence-corrected chi connectivity index (χ4v) is 7.68. The van der Waals surface area contributed by atoms with Gasteiger partial charge >= 0.3 is 0 Å². The van der Waals surface area contributed by atoms with E-state index < -0.39 is 0 Å². The van der Waals surface area contributed by atoms with Crippen molar-refractivity contribution in [2.75, 3.05) is 0 Å². The topological polar surface area (TPSA) is 57.1 Å². The molecule has 242 valence electrons. The van der Waals surface area contributed by atoms with Gasteiger partial charge in [0.25, 0.3) is 0 Å². The number of fused-ring (bicyclic) bond motifs is 7. The molecule has 1 aromatic heterocycles. The third-order valence-corrected chi connectivity index (χ3v) is 10.2. The molecular weight excluding hydrogens is 627 g/mol. The van der Waals surface area contributed by atoms with Gasteiger partial charge in [0.2, 0.25) is 0 Å². The first kappa shape index (κ1) is 29.3. The van der Waals surface area contributed by atoms with Crippen molar-refractivity contribution in [1.82, 2.24) is 15.0 Å². The normalized spacial score (nSPS) is 13.4. The first-order chi connectivity index (χ1) is 25.0. The second-order valence-electron chi connectivity index (χ2n) is 13.6. The van der Waals surface area contributed by atoms with E-state index in [0.717, 1.165) is 55.7 Å². The van der Waals surface area contributed by atoms with Crippen LogP contribution >= 0.6 is 0 Å². The maximum absolute atomic E-state index is 6.81. The third kappa shape index (κ3) is 4.66. The summed E-state index contributed by atoms with van der Waals surface area (Å²) < 4.78 is 13.3. The molecule has 0 unspecified atom stereocenters. The van der Waals surface area contributed by atoms with E-state index in [0.29, 0.717) is 29.0 Å². The van der Waals surface area contributed by atoms with Gasteiger partial charge < -0.3 is 9.47 Å². The molecule has 0 N–H and O–H groups in total. The Balaban J connectivity index is 1.11. The molecule has 0 radical (unpaired) electrons. The highest BCUT2D eigenvalue weighted by atomic mass is 16.6. The maximum atomic E-state index is 6.81. The van der Waals surface area contributed by atoms with Gasteiger partial charge in [0.1, 0.15) is 0 Å². The fraction of sp³-hybridized carbons (Fsp3) is 0.0652. The van der Waals surface area contributed by atoms with Crippen molar-refractivity contribution in [2.45, 2.75) is 19.3 Å². The second-order valence-corrected chi connectivity index (χ2v) is 13.6. The molecule has 0 saturated carbocycles. The lowest BCUT2D eigenvalue weighted by molar-refractivity contribution is 0.360. The van der Waals surface area contributed by atoms with Crippen LogP contribution in [-0.4, -0.2) is 15.0 Å². The molecule has 1 aliphatic heterocycles. The minimum Gasteiger partial charge on any atom is -0.449 e. The van der Waals surface area contributed by atoms with Crippen molar-refractivity contribution < 1.29 is 9.47 Å². The monoisotopic (exact) mass is 657 g/mol. The van der Waals surface area contributed by atoms with E-state index in [-0.39, 0.29) is 5.41 Å². The average molecular weight is 658 g/mol. The summed E-state index contributed by atoms with van der Waals surface area (Å²) in [6.45, 7) is 4.54. The molecule has 10 rings (SSSR count). The Hall–Kier alpha value is -6.59. The van der Waals surface area contributed by atoms with Gasteiger partial charge in [-0.05, 0) is 56.8 Å². The highest BCUT2D eigenvalue weighted by molar-refractivity contribution is 5.96. The minimum absolute atomic E-state index is 0.139. The van der Waals surface area contributed by atoms with Crippen molar-refractivity contribution in [2.24, 2.45) is 0 Å². The third-order valence-electron chi connectivity index (χ3n) is 10.2. The Bertz CT molecular complexity index is 2680. The van der Waals surface area contributed by atoms with Gasteiger partial charge in [-0.15, -0.1) is 0 Å². The smallest absolute Gasteiger partial charge is 0.178 e. The molecule has 8 aromatic rings. The largest absolute Gasteiger partial charge is 0.449 e. The molecule has 2 heterocycles. The summed E-state index contributed by atoms with van der Waals surface area (Å²) in [6.07, 6.45) is 0. The zero-order valence-electron chi connectivity index (χ0n) is 28.1. The van der Waals surface area contributed by atoms with Crippen molar-refractivity contribution in [1.29, 1.82) is 0 Å². The molecular formula is C46H31N3O2. The predicted molar refractivity (Wildman–Crippen MR) is 203 cm³/mol. The van der Waals surface area contributed by atoms with Crippen LogP contribution in [0.5, 0.6) is 23.0 Å². The predicted octanol–water partition coefficient (Wildman–Crippen LogP) is 11.9. The van der Waals surface area contributed by atoms with Crippen LogP contribution in [-0.2, 0) is 5.41 Å². The van der Waals surface area contributed by atoms with Crippen LogP contribution < -0.4 is 9.47 Å². The Kier molecular flexibility index (Phi) is 6.46. The zero-order chi connectivity index (χ0) is 34.1. The van der Waals surface area contributed by atoms with E-state index in [4.69, 9.17) is 24.4 Å². The van der Waals surface area contributed by atoms with Crippen molar-refractivity contribution in [3.8, 4) is 79.4 Å². The first-order valence-electron chi connectivity index (χ1n) is 17.2. The van der Waals surface area contributed by atoms with Gasteiger partial charge in [0.05, 0.1) is 0 Å². The molecule has 5 heteroatoms. The van der Waals surface area contributed by atoms with Crippen molar-refractivity contribution in [3.63, 3.8) is 0 Å². The van der Waals surface area contributed by atoms with Crippen LogP contribution in [0.1, 0.15) is 25.0 Å². The van der Waals surface area contributed by atoms with Gasteiger partial charge in [-0.2, -0.15) is 0 Å². The SMILES string of the molecule is CC1(C)c2ccccc2-c2c1ccc1c2Oc2cc(-c3ccccc3-c3nc(-c4ccccc4)nc(-c4cccc5ccccc45)n3)ccc2O1. The summed E-state index contributed by atoms with van der Waals surface area (Å²) in [4.78, 5) is 15.3. The van der Waals surface area contributed by atoms with Crippen molar-refractivity contribution >= 4 is 10.8 Å². The number of hydrogen-bond donors (Lipinski definition) is 0. The Morgan fingerprint density at radius 1 is 0.431 bits per heavy atom. The van der Waals surface area contributed by atoms with Gasteiger partial charge in [-0.3, -0.25) is 0 Å². The lowest BCUT2D eigenvalue weighted by Gasteiger charge is -2.25. The molecule has 0 spiro atoms. The molecule has 0 atom stereocenters. The van der Waals surface area contributed by atoms with E-state index in [1.54, 1.807) is 0 Å². The summed E-state index contributed by atoms with van der Waals surface area (Å²) in [7, 11) is 0. The number of benzene rings is 7. The first-order valence-corrected chi connectivity index (χ1v) is 17.2. The molecule has 7 aromatic carbocycles. The standard InChI is InChI=1S/C46H31N3O2/c1-46(2)36-22-11-10-20-35(36)41-37(46)24-26-39-42(41)51-40-27-30(23-25-38(40)50-39)32-18-8-9-19-33(32)44-47-43(29-14-4-3-5-15-29)48-45(49-44)34-21-12-16-28-13-6-7-17-31(28)34/h3-27H,1-2H3. The molecule has 0 bridgehead atoms. The fourth-order valence-electron chi connectivity index (χ4n) is 7.68. The number of hydrogen-bond acceptors (Lipinski definition) is 5. The maximum Gasteiger partial charge on any atom is 0.178 e. The molecule has 0 amide bonds. The summed E-state index contributed by atoms with van der Waals surface area (Å²) in [5.41, 5.74) is 9.41. The summed E-state index contributed by atoms with van der Waals surface area (Å²) in [5.74, 6) is 4.67.